The summed E-state index contributed by atoms with van der Waals surface area (Å²) in [5.74, 6) is 0.388. The van der Waals surface area contributed by atoms with Crippen molar-refractivity contribution in [3.63, 3.8) is 0 Å². The van der Waals surface area contributed by atoms with Crippen LogP contribution >= 0.6 is 0 Å². The number of carbonyl (C=O) groups excluding carboxylic acids is 2. The van der Waals surface area contributed by atoms with Crippen LogP contribution in [0.25, 0.3) is 0 Å². The van der Waals surface area contributed by atoms with E-state index < -0.39 is 5.41 Å². The van der Waals surface area contributed by atoms with Crippen LogP contribution < -0.4 is 5.32 Å². The SMILES string of the molecule is Cc1cccc(C2(C(=O)NCc3cccc(CN4CCCC4=O)c3)CCCCC2)c1. The van der Waals surface area contributed by atoms with Crippen molar-refractivity contribution in [1.82, 2.24) is 10.2 Å². The number of hydrogen-bond acceptors (Lipinski definition) is 2. The average molecular weight is 405 g/mol. The second kappa shape index (κ2) is 9.03. The van der Waals surface area contributed by atoms with Crippen molar-refractivity contribution in [2.24, 2.45) is 0 Å². The van der Waals surface area contributed by atoms with Crippen LogP contribution in [0.1, 0.15) is 67.2 Å². The third kappa shape index (κ3) is 4.43. The van der Waals surface area contributed by atoms with Gasteiger partial charge in [-0.15, -0.1) is 0 Å². The van der Waals surface area contributed by atoms with Crippen LogP contribution in [0, 0.1) is 6.92 Å². The summed E-state index contributed by atoms with van der Waals surface area (Å²) in [6.07, 6.45) is 6.85. The van der Waals surface area contributed by atoms with Crippen molar-refractivity contribution in [3.8, 4) is 0 Å². The van der Waals surface area contributed by atoms with Crippen molar-refractivity contribution in [2.45, 2.75) is 70.4 Å². The molecule has 0 radical (unpaired) electrons. The number of rotatable bonds is 6. The normalized spacial score (nSPS) is 18.4. The van der Waals surface area contributed by atoms with Crippen LogP contribution in [0.5, 0.6) is 0 Å². The highest BCUT2D eigenvalue weighted by molar-refractivity contribution is 5.88. The minimum atomic E-state index is -0.413. The number of benzene rings is 2. The van der Waals surface area contributed by atoms with Crippen molar-refractivity contribution in [3.05, 3.63) is 70.8 Å². The molecule has 0 spiro atoms. The van der Waals surface area contributed by atoms with Crippen LogP contribution in [0.4, 0.5) is 0 Å². The Morgan fingerprint density at radius 1 is 1.00 bits per heavy atom. The number of hydrogen-bond donors (Lipinski definition) is 1. The van der Waals surface area contributed by atoms with Crippen LogP contribution in [0.15, 0.2) is 48.5 Å². The zero-order chi connectivity index (χ0) is 21.0. The monoisotopic (exact) mass is 404 g/mol. The summed E-state index contributed by atoms with van der Waals surface area (Å²) in [7, 11) is 0. The molecule has 4 rings (SSSR count). The summed E-state index contributed by atoms with van der Waals surface area (Å²) in [5.41, 5.74) is 4.16. The number of carbonyl (C=O) groups is 2. The highest BCUT2D eigenvalue weighted by Crippen LogP contribution is 2.40. The Bertz CT molecular complexity index is 915. The lowest BCUT2D eigenvalue weighted by Crippen LogP contribution is -2.45. The van der Waals surface area contributed by atoms with Gasteiger partial charge in [-0.3, -0.25) is 9.59 Å². The fraction of sp³-hybridized carbons (Fsp3) is 0.462. The van der Waals surface area contributed by atoms with Crippen molar-refractivity contribution in [2.75, 3.05) is 6.54 Å². The van der Waals surface area contributed by atoms with Crippen molar-refractivity contribution >= 4 is 11.8 Å². The number of nitrogens with zero attached hydrogens (tertiary/aromatic N) is 1. The molecule has 2 aromatic rings. The number of likely N-dealkylation sites (tertiary alicyclic amines) is 1. The molecule has 0 unspecified atom stereocenters. The molecule has 1 saturated heterocycles. The van der Waals surface area contributed by atoms with Gasteiger partial charge in [-0.1, -0.05) is 73.4 Å². The van der Waals surface area contributed by atoms with Gasteiger partial charge in [-0.05, 0) is 42.9 Å². The molecule has 1 heterocycles. The van der Waals surface area contributed by atoms with Gasteiger partial charge in [0, 0.05) is 26.1 Å². The van der Waals surface area contributed by atoms with Gasteiger partial charge in [0.2, 0.25) is 11.8 Å². The van der Waals surface area contributed by atoms with Gasteiger partial charge in [-0.2, -0.15) is 0 Å². The van der Waals surface area contributed by atoms with Gasteiger partial charge in [-0.25, -0.2) is 0 Å². The number of aryl methyl sites for hydroxylation is 1. The Morgan fingerprint density at radius 2 is 1.77 bits per heavy atom. The Hall–Kier alpha value is -2.62. The predicted molar refractivity (Wildman–Crippen MR) is 119 cm³/mol. The maximum Gasteiger partial charge on any atom is 0.230 e. The molecule has 158 valence electrons. The lowest BCUT2D eigenvalue weighted by Gasteiger charge is -2.36. The first kappa shape index (κ1) is 20.6. The molecule has 1 aliphatic heterocycles. The maximum atomic E-state index is 13.4. The van der Waals surface area contributed by atoms with Crippen LogP contribution in [0.2, 0.25) is 0 Å². The van der Waals surface area contributed by atoms with Crippen LogP contribution in [-0.4, -0.2) is 23.3 Å². The fourth-order valence-electron chi connectivity index (χ4n) is 5.03. The first-order valence-corrected chi connectivity index (χ1v) is 11.3. The summed E-state index contributed by atoms with van der Waals surface area (Å²) >= 11 is 0. The molecule has 4 nitrogen and oxygen atoms in total. The van der Waals surface area contributed by atoms with E-state index in [1.165, 1.54) is 12.0 Å². The average Bonchev–Trinajstić information content (AvgIpc) is 3.17. The molecule has 1 saturated carbocycles. The molecule has 0 aromatic heterocycles. The van der Waals surface area contributed by atoms with Gasteiger partial charge >= 0.3 is 0 Å². The minimum Gasteiger partial charge on any atom is -0.351 e. The molecule has 2 amide bonds. The highest BCUT2D eigenvalue weighted by atomic mass is 16.2. The van der Waals surface area contributed by atoms with E-state index >= 15 is 0 Å². The smallest absolute Gasteiger partial charge is 0.230 e. The Balaban J connectivity index is 1.46. The summed E-state index contributed by atoms with van der Waals surface area (Å²) in [4.78, 5) is 27.3. The van der Waals surface area contributed by atoms with Crippen molar-refractivity contribution in [1.29, 1.82) is 0 Å². The van der Waals surface area contributed by atoms with E-state index in [9.17, 15) is 9.59 Å². The molecule has 4 heteroatoms. The second-order valence-electron chi connectivity index (χ2n) is 8.93. The first-order chi connectivity index (χ1) is 14.6. The number of nitrogens with one attached hydrogen (secondary N) is 1. The Labute approximate surface area is 179 Å². The standard InChI is InChI=1S/C26H32N2O2/c1-20-8-5-11-23(16-20)26(13-3-2-4-14-26)25(30)27-18-21-9-6-10-22(17-21)19-28-15-7-12-24(28)29/h5-6,8-11,16-17H,2-4,7,12-15,18-19H2,1H3,(H,27,30). The molecule has 2 aromatic carbocycles. The van der Waals surface area contributed by atoms with E-state index in [0.29, 0.717) is 19.5 Å². The topological polar surface area (TPSA) is 49.4 Å². The molecular weight excluding hydrogens is 372 g/mol. The lowest BCUT2D eigenvalue weighted by molar-refractivity contribution is -0.128. The van der Waals surface area contributed by atoms with E-state index in [1.807, 2.05) is 11.0 Å². The molecule has 0 atom stereocenters. The summed E-state index contributed by atoms with van der Waals surface area (Å²) in [6.45, 7) is 4.12. The maximum absolute atomic E-state index is 13.4. The summed E-state index contributed by atoms with van der Waals surface area (Å²) < 4.78 is 0. The summed E-state index contributed by atoms with van der Waals surface area (Å²) in [5, 5.41) is 3.24. The molecule has 2 aliphatic rings. The molecule has 1 N–H and O–H groups in total. The molecule has 1 aliphatic carbocycles. The third-order valence-electron chi connectivity index (χ3n) is 6.70. The van der Waals surface area contributed by atoms with E-state index in [2.05, 4.69) is 54.7 Å². The molecule has 0 bridgehead atoms. The fourth-order valence-corrected chi connectivity index (χ4v) is 5.03. The van der Waals surface area contributed by atoms with E-state index in [0.717, 1.165) is 55.3 Å². The van der Waals surface area contributed by atoms with Gasteiger partial charge < -0.3 is 10.2 Å². The predicted octanol–water partition coefficient (Wildman–Crippen LogP) is 4.64. The highest BCUT2D eigenvalue weighted by Gasteiger charge is 2.40. The Morgan fingerprint density at radius 3 is 2.50 bits per heavy atom. The van der Waals surface area contributed by atoms with Crippen LogP contribution in [-0.2, 0) is 28.1 Å². The number of amides is 2. The zero-order valence-corrected chi connectivity index (χ0v) is 18.0. The zero-order valence-electron chi connectivity index (χ0n) is 18.0. The first-order valence-electron chi connectivity index (χ1n) is 11.3. The van der Waals surface area contributed by atoms with Crippen LogP contribution in [0.3, 0.4) is 0 Å². The van der Waals surface area contributed by atoms with E-state index in [-0.39, 0.29) is 11.8 Å². The largest absolute Gasteiger partial charge is 0.351 e. The van der Waals surface area contributed by atoms with Crippen molar-refractivity contribution < 1.29 is 9.59 Å². The van der Waals surface area contributed by atoms with E-state index in [4.69, 9.17) is 0 Å². The van der Waals surface area contributed by atoms with Gasteiger partial charge in [0.05, 0.1) is 5.41 Å². The summed E-state index contributed by atoms with van der Waals surface area (Å²) in [6, 6.07) is 16.7. The third-order valence-corrected chi connectivity index (χ3v) is 6.70. The molecular formula is C26H32N2O2. The lowest BCUT2D eigenvalue weighted by atomic mass is 9.68. The van der Waals surface area contributed by atoms with Gasteiger partial charge in [0.25, 0.3) is 0 Å². The molecule has 2 fully saturated rings. The van der Waals surface area contributed by atoms with Gasteiger partial charge in [0.15, 0.2) is 0 Å². The Kier molecular flexibility index (Phi) is 6.21. The van der Waals surface area contributed by atoms with Gasteiger partial charge in [0.1, 0.15) is 0 Å². The molecule has 30 heavy (non-hydrogen) atoms. The minimum absolute atomic E-state index is 0.146. The quantitative estimate of drug-likeness (QED) is 0.763. The van der Waals surface area contributed by atoms with E-state index in [1.54, 1.807) is 0 Å². The second-order valence-corrected chi connectivity index (χ2v) is 8.93.